The quantitative estimate of drug-likeness (QED) is 0.321. The summed E-state index contributed by atoms with van der Waals surface area (Å²) >= 11 is 6.65. The zero-order valence-electron chi connectivity index (χ0n) is 12.8. The van der Waals surface area contributed by atoms with Crippen molar-refractivity contribution in [2.24, 2.45) is 0 Å². The molecule has 0 aliphatic heterocycles. The molecular formula is C22H13ClO. The Labute approximate surface area is 144 Å². The summed E-state index contributed by atoms with van der Waals surface area (Å²) in [5, 5.41) is 5.31. The van der Waals surface area contributed by atoms with E-state index >= 15 is 0 Å². The van der Waals surface area contributed by atoms with Crippen molar-refractivity contribution >= 4 is 44.3 Å². The number of benzene rings is 4. The maximum absolute atomic E-state index is 6.65. The van der Waals surface area contributed by atoms with Crippen LogP contribution in [-0.2, 0) is 0 Å². The first-order chi connectivity index (χ1) is 11.8. The van der Waals surface area contributed by atoms with Gasteiger partial charge in [0.1, 0.15) is 11.2 Å². The Morgan fingerprint density at radius 3 is 2.29 bits per heavy atom. The fraction of sp³-hybridized carbons (Fsp3) is 0. The Morgan fingerprint density at radius 1 is 0.625 bits per heavy atom. The molecule has 0 saturated heterocycles. The predicted octanol–water partition coefficient (Wildman–Crippen LogP) is 7.06. The largest absolute Gasteiger partial charge is 0.456 e. The van der Waals surface area contributed by atoms with Crippen LogP contribution in [0.4, 0.5) is 0 Å². The summed E-state index contributed by atoms with van der Waals surface area (Å²) in [6.07, 6.45) is 0. The first-order valence-corrected chi connectivity index (χ1v) is 8.28. The van der Waals surface area contributed by atoms with Crippen LogP contribution >= 0.6 is 11.6 Å². The highest BCUT2D eigenvalue weighted by Gasteiger charge is 2.16. The summed E-state index contributed by atoms with van der Waals surface area (Å²) < 4.78 is 6.02. The summed E-state index contributed by atoms with van der Waals surface area (Å²) in [6.45, 7) is 0. The minimum absolute atomic E-state index is 0.741. The van der Waals surface area contributed by atoms with E-state index in [1.165, 1.54) is 10.8 Å². The van der Waals surface area contributed by atoms with Gasteiger partial charge in [-0.2, -0.15) is 0 Å². The van der Waals surface area contributed by atoms with E-state index in [1.807, 2.05) is 30.3 Å². The normalized spacial score (nSPS) is 11.5. The van der Waals surface area contributed by atoms with Gasteiger partial charge in [-0.05, 0) is 34.5 Å². The number of furan rings is 1. The van der Waals surface area contributed by atoms with E-state index in [-0.39, 0.29) is 0 Å². The maximum atomic E-state index is 6.65. The molecule has 0 saturated carbocycles. The highest BCUT2D eigenvalue weighted by Crippen LogP contribution is 2.42. The van der Waals surface area contributed by atoms with Crippen LogP contribution in [0.5, 0.6) is 0 Å². The third-order valence-electron chi connectivity index (χ3n) is 4.55. The molecule has 1 heterocycles. The molecule has 1 nitrogen and oxygen atoms in total. The van der Waals surface area contributed by atoms with Crippen molar-refractivity contribution in [1.29, 1.82) is 0 Å². The van der Waals surface area contributed by atoms with Crippen LogP contribution in [0.3, 0.4) is 0 Å². The van der Waals surface area contributed by atoms with Crippen molar-refractivity contribution in [1.82, 2.24) is 0 Å². The third-order valence-corrected chi connectivity index (χ3v) is 4.87. The lowest BCUT2D eigenvalue weighted by Crippen LogP contribution is -1.84. The van der Waals surface area contributed by atoms with E-state index in [0.29, 0.717) is 0 Å². The molecule has 24 heavy (non-hydrogen) atoms. The minimum Gasteiger partial charge on any atom is -0.456 e. The molecule has 0 atom stereocenters. The van der Waals surface area contributed by atoms with Crippen molar-refractivity contribution < 1.29 is 4.42 Å². The maximum Gasteiger partial charge on any atom is 0.136 e. The van der Waals surface area contributed by atoms with Gasteiger partial charge in [-0.25, -0.2) is 0 Å². The van der Waals surface area contributed by atoms with Crippen molar-refractivity contribution in [2.45, 2.75) is 0 Å². The van der Waals surface area contributed by atoms with Crippen LogP contribution in [0.1, 0.15) is 0 Å². The lowest BCUT2D eigenvalue weighted by molar-refractivity contribution is 0.669. The second-order valence-electron chi connectivity index (χ2n) is 5.92. The monoisotopic (exact) mass is 328 g/mol. The molecule has 114 valence electrons. The third kappa shape index (κ3) is 1.88. The van der Waals surface area contributed by atoms with Crippen LogP contribution in [0.25, 0.3) is 43.8 Å². The van der Waals surface area contributed by atoms with Gasteiger partial charge in [0, 0.05) is 21.4 Å². The molecular weight excluding hydrogens is 316 g/mol. The van der Waals surface area contributed by atoms with Crippen LogP contribution in [-0.4, -0.2) is 0 Å². The van der Waals surface area contributed by atoms with E-state index < -0.39 is 0 Å². The molecule has 5 rings (SSSR count). The standard InChI is InChI=1S/C22H13ClO/c23-18-12-13-20-22(17-9-3-4-11-19(17)24-20)21(18)16-10-5-7-14-6-1-2-8-15(14)16/h1-13H. The van der Waals surface area contributed by atoms with Crippen molar-refractivity contribution in [2.75, 3.05) is 0 Å². The highest BCUT2D eigenvalue weighted by atomic mass is 35.5. The average molecular weight is 329 g/mol. The molecule has 0 aliphatic rings. The number of fused-ring (bicyclic) bond motifs is 4. The molecule has 0 unspecified atom stereocenters. The molecule has 1 aromatic heterocycles. The number of hydrogen-bond donors (Lipinski definition) is 0. The second-order valence-corrected chi connectivity index (χ2v) is 6.33. The molecule has 4 aromatic carbocycles. The summed E-state index contributed by atoms with van der Waals surface area (Å²) in [6, 6.07) is 26.7. The van der Waals surface area contributed by atoms with Crippen molar-refractivity contribution in [3.05, 3.63) is 83.9 Å². The Morgan fingerprint density at radius 2 is 1.38 bits per heavy atom. The molecule has 2 heteroatoms. The molecule has 0 bridgehead atoms. The Kier molecular flexibility index (Phi) is 2.91. The minimum atomic E-state index is 0.741. The van der Waals surface area contributed by atoms with Crippen LogP contribution in [0.2, 0.25) is 5.02 Å². The number of halogens is 1. The van der Waals surface area contributed by atoms with E-state index in [1.54, 1.807) is 0 Å². The van der Waals surface area contributed by atoms with Gasteiger partial charge in [0.2, 0.25) is 0 Å². The van der Waals surface area contributed by atoms with Crippen LogP contribution < -0.4 is 0 Å². The molecule has 0 spiro atoms. The number of rotatable bonds is 1. The molecule has 0 N–H and O–H groups in total. The van der Waals surface area contributed by atoms with Gasteiger partial charge in [0.05, 0.1) is 0 Å². The molecule has 5 aromatic rings. The lowest BCUT2D eigenvalue weighted by atomic mass is 9.94. The molecule has 0 aliphatic carbocycles. The van der Waals surface area contributed by atoms with Gasteiger partial charge >= 0.3 is 0 Å². The fourth-order valence-corrected chi connectivity index (χ4v) is 3.76. The van der Waals surface area contributed by atoms with Crippen LogP contribution in [0.15, 0.2) is 83.3 Å². The summed E-state index contributed by atoms with van der Waals surface area (Å²) in [7, 11) is 0. The van der Waals surface area contributed by atoms with Crippen molar-refractivity contribution in [3.63, 3.8) is 0 Å². The van der Waals surface area contributed by atoms with Gasteiger partial charge in [-0.15, -0.1) is 0 Å². The molecule has 0 amide bonds. The Balaban J connectivity index is 2.00. The number of para-hydroxylation sites is 1. The SMILES string of the molecule is Clc1ccc2oc3ccccc3c2c1-c1cccc2ccccc12. The van der Waals surface area contributed by atoms with E-state index in [4.69, 9.17) is 16.0 Å². The lowest BCUT2D eigenvalue weighted by Gasteiger charge is -2.10. The Hall–Kier alpha value is -2.77. The average Bonchev–Trinajstić information content (AvgIpc) is 3.00. The van der Waals surface area contributed by atoms with Crippen LogP contribution in [0, 0.1) is 0 Å². The van der Waals surface area contributed by atoms with Gasteiger partial charge in [0.15, 0.2) is 0 Å². The molecule has 0 radical (unpaired) electrons. The highest BCUT2D eigenvalue weighted by molar-refractivity contribution is 6.36. The van der Waals surface area contributed by atoms with Gasteiger partial charge in [-0.1, -0.05) is 72.3 Å². The topological polar surface area (TPSA) is 13.1 Å². The summed E-state index contributed by atoms with van der Waals surface area (Å²) in [4.78, 5) is 0. The first kappa shape index (κ1) is 13.6. The van der Waals surface area contributed by atoms with Gasteiger partial charge < -0.3 is 4.42 Å². The zero-order valence-corrected chi connectivity index (χ0v) is 13.5. The zero-order chi connectivity index (χ0) is 16.1. The second kappa shape index (κ2) is 5.12. The predicted molar refractivity (Wildman–Crippen MR) is 102 cm³/mol. The first-order valence-electron chi connectivity index (χ1n) is 7.91. The molecule has 0 fully saturated rings. The summed E-state index contributed by atoms with van der Waals surface area (Å²) in [5.41, 5.74) is 3.92. The van der Waals surface area contributed by atoms with Gasteiger partial charge in [-0.3, -0.25) is 0 Å². The van der Waals surface area contributed by atoms with Crippen molar-refractivity contribution in [3.8, 4) is 11.1 Å². The van der Waals surface area contributed by atoms with E-state index in [0.717, 1.165) is 38.1 Å². The van der Waals surface area contributed by atoms with E-state index in [2.05, 4.69) is 48.5 Å². The summed E-state index contributed by atoms with van der Waals surface area (Å²) in [5.74, 6) is 0. The fourth-order valence-electron chi connectivity index (χ4n) is 3.50. The van der Waals surface area contributed by atoms with Gasteiger partial charge in [0.25, 0.3) is 0 Å². The smallest absolute Gasteiger partial charge is 0.136 e. The number of hydrogen-bond acceptors (Lipinski definition) is 1. The Bertz CT molecular complexity index is 1210. The van der Waals surface area contributed by atoms with E-state index in [9.17, 15) is 0 Å².